The van der Waals surface area contributed by atoms with Gasteiger partial charge in [0.25, 0.3) is 5.91 Å². The van der Waals surface area contributed by atoms with Crippen LogP contribution in [0.3, 0.4) is 0 Å². The standard InChI is InChI=1S/C71H99N11O12S2/c1-46(38-51-28-18-14-19-29-51)74-63(86)49(4)78(10)67(90)48(3)75-65(88)57(40-52-30-20-15-21-31-52)79(11)61(84)43-77(9)69(92)60(42-54-34-24-17-25-35-54)82-47(2)39-59(70(82)93)81(13)68(91)56(36-26-27-37-73-64(87)55(72)45-95-96-71(6,7)8)76-66(89)58(41-53-32-22-16-23-33-53)80(12)62(85)44-94-50(5)83/h14-25,28-35,46-49,55-60H,26-27,36-45,72H2,1-13H3,(H,73,87)(H,74,86)(H,75,88)(H,76,89)/t46-,47?,48-,49-,55-,56-,57-,58-,59?,60-/m0/s1. The Kier molecular flexibility index (Phi) is 30.9. The summed E-state index contributed by atoms with van der Waals surface area (Å²) in [7, 11) is 10.3. The van der Waals surface area contributed by atoms with Crippen molar-refractivity contribution in [1.29, 1.82) is 0 Å². The van der Waals surface area contributed by atoms with E-state index in [1.165, 1.54) is 77.5 Å². The van der Waals surface area contributed by atoms with Crippen LogP contribution in [0.5, 0.6) is 0 Å². The topological polar surface area (TPSA) is 291 Å². The highest BCUT2D eigenvalue weighted by molar-refractivity contribution is 8.77. The van der Waals surface area contributed by atoms with Crippen LogP contribution in [0.4, 0.5) is 0 Å². The van der Waals surface area contributed by atoms with Crippen molar-refractivity contribution in [3.8, 4) is 0 Å². The van der Waals surface area contributed by atoms with Crippen LogP contribution in [-0.4, -0.2) is 220 Å². The molecule has 4 aromatic rings. The van der Waals surface area contributed by atoms with Crippen molar-refractivity contribution >= 4 is 86.6 Å². The van der Waals surface area contributed by atoms with Crippen LogP contribution < -0.4 is 27.0 Å². The Balaban J connectivity index is 1.36. The summed E-state index contributed by atoms with van der Waals surface area (Å²) < 4.78 is 4.96. The molecule has 10 amide bonds. The molecule has 0 bridgehead atoms. The molecule has 23 nitrogen and oxygen atoms in total. The van der Waals surface area contributed by atoms with E-state index in [2.05, 4.69) is 42.0 Å². The third kappa shape index (κ3) is 24.1. The molecule has 0 saturated carbocycles. The molecule has 4 aromatic carbocycles. The number of nitrogens with two attached hydrogens (primary N) is 1. The minimum atomic E-state index is -1.27. The van der Waals surface area contributed by atoms with Gasteiger partial charge in [-0.3, -0.25) is 52.7 Å². The highest BCUT2D eigenvalue weighted by Gasteiger charge is 2.48. The number of unbranched alkanes of at least 4 members (excludes halogenated alkanes) is 1. The minimum Gasteiger partial charge on any atom is -0.456 e. The first-order valence-electron chi connectivity index (χ1n) is 32.5. The lowest BCUT2D eigenvalue weighted by Crippen LogP contribution is -2.58. The van der Waals surface area contributed by atoms with Crippen LogP contribution >= 0.6 is 21.6 Å². The first-order chi connectivity index (χ1) is 45.4. The number of likely N-dealkylation sites (tertiary alicyclic amines) is 1. The molecule has 1 saturated heterocycles. The fraction of sp³-hybridized carbons (Fsp3) is 0.507. The zero-order chi connectivity index (χ0) is 71.0. The van der Waals surface area contributed by atoms with E-state index in [4.69, 9.17) is 10.5 Å². The van der Waals surface area contributed by atoms with Gasteiger partial charge in [-0.1, -0.05) is 164 Å². The molecule has 1 aliphatic heterocycles. The highest BCUT2D eigenvalue weighted by Crippen LogP contribution is 2.35. The number of ether oxygens (including phenoxy) is 1. The summed E-state index contributed by atoms with van der Waals surface area (Å²) in [6.45, 7) is 13.1. The Labute approximate surface area is 573 Å². The Hall–Kier alpha value is -8.29. The molecule has 96 heavy (non-hydrogen) atoms. The average Bonchev–Trinajstić information content (AvgIpc) is 1.62. The van der Waals surface area contributed by atoms with Crippen molar-refractivity contribution in [3.63, 3.8) is 0 Å². The molecule has 5 rings (SSSR count). The normalized spacial score (nSPS) is 16.2. The number of carbonyl (C=O) groups excluding carboxylic acids is 11. The van der Waals surface area contributed by atoms with Gasteiger partial charge in [-0.15, -0.1) is 0 Å². The summed E-state index contributed by atoms with van der Waals surface area (Å²) in [4.78, 5) is 162. The second kappa shape index (κ2) is 37.9. The summed E-state index contributed by atoms with van der Waals surface area (Å²) >= 11 is 0. The SMILES string of the molecule is CC(=O)OCC(=O)N(C)[C@@H](Cc1ccccc1)C(=O)N[C@@H](CCCCNC(=O)[C@@H](N)CSSC(C)(C)C)C(=O)N(C)C1CC(C)N([C@@H](Cc2ccccc2)C(=O)N(C)CC(=O)N(C)[C@@H](Cc2ccccc2)C(=O)N[C@@H](C)C(=O)N(C)[C@@H](C)C(=O)N[C@@H](C)Cc2ccccc2)C1=O. The van der Waals surface area contributed by atoms with Crippen molar-refractivity contribution in [3.05, 3.63) is 144 Å². The van der Waals surface area contributed by atoms with Gasteiger partial charge in [0.05, 0.1) is 12.6 Å². The Morgan fingerprint density at radius 1 is 0.615 bits per heavy atom. The van der Waals surface area contributed by atoms with E-state index >= 15 is 14.4 Å². The van der Waals surface area contributed by atoms with Crippen molar-refractivity contribution in [2.45, 2.75) is 172 Å². The molecule has 1 fully saturated rings. The van der Waals surface area contributed by atoms with Crippen molar-refractivity contribution < 1.29 is 57.5 Å². The molecule has 10 atom stereocenters. The van der Waals surface area contributed by atoms with E-state index < -0.39 is 121 Å². The highest BCUT2D eigenvalue weighted by atomic mass is 33.1. The fourth-order valence-electron chi connectivity index (χ4n) is 11.1. The van der Waals surface area contributed by atoms with Gasteiger partial charge in [0.1, 0.15) is 42.3 Å². The van der Waals surface area contributed by atoms with Crippen LogP contribution in [0.1, 0.15) is 103 Å². The predicted octanol–water partition coefficient (Wildman–Crippen LogP) is 4.58. The van der Waals surface area contributed by atoms with Gasteiger partial charge < -0.3 is 61.1 Å². The number of rotatable bonds is 35. The number of hydrogen-bond donors (Lipinski definition) is 5. The van der Waals surface area contributed by atoms with E-state index in [9.17, 15) is 38.4 Å². The van der Waals surface area contributed by atoms with E-state index in [0.717, 1.165) is 17.4 Å². The van der Waals surface area contributed by atoms with Gasteiger partial charge in [-0.25, -0.2) is 0 Å². The minimum absolute atomic E-state index is 0.0161. The molecule has 6 N–H and O–H groups in total. The van der Waals surface area contributed by atoms with Gasteiger partial charge in [-0.05, 0) is 82.1 Å². The molecule has 0 spiro atoms. The lowest BCUT2D eigenvalue weighted by atomic mass is 10.0. The van der Waals surface area contributed by atoms with E-state index in [-0.39, 0.29) is 61.3 Å². The monoisotopic (exact) mass is 1360 g/mol. The number of benzene rings is 4. The lowest BCUT2D eigenvalue weighted by molar-refractivity contribution is -0.152. The first-order valence-corrected chi connectivity index (χ1v) is 34.9. The first kappa shape index (κ1) is 78.4. The second-order valence-electron chi connectivity index (χ2n) is 25.8. The number of nitrogens with zero attached hydrogens (tertiary/aromatic N) is 6. The second-order valence-corrected chi connectivity index (χ2v) is 29.0. The molecule has 25 heteroatoms. The van der Waals surface area contributed by atoms with Gasteiger partial charge in [0.15, 0.2) is 6.61 Å². The summed E-state index contributed by atoms with van der Waals surface area (Å²) in [5.41, 5.74) is 9.35. The smallest absolute Gasteiger partial charge is 0.303 e. The number of nitrogens with one attached hydrogen (secondary N) is 4. The number of amides is 10. The predicted molar refractivity (Wildman–Crippen MR) is 373 cm³/mol. The quantitative estimate of drug-likeness (QED) is 0.0239. The molecular formula is C71H99N11O12S2. The lowest BCUT2D eigenvalue weighted by Gasteiger charge is -2.35. The Morgan fingerprint density at radius 3 is 1.61 bits per heavy atom. The zero-order valence-electron chi connectivity index (χ0n) is 57.8. The largest absolute Gasteiger partial charge is 0.456 e. The molecule has 0 radical (unpaired) electrons. The number of carbonyl (C=O) groups is 11. The van der Waals surface area contributed by atoms with Gasteiger partial charge in [0, 0.05) is 90.6 Å². The van der Waals surface area contributed by atoms with E-state index in [1.54, 1.807) is 91.4 Å². The molecule has 0 aliphatic carbocycles. The van der Waals surface area contributed by atoms with Crippen LogP contribution in [-0.2, 0) is 83.2 Å². The van der Waals surface area contributed by atoms with Crippen molar-refractivity contribution in [1.82, 2.24) is 50.7 Å². The summed E-state index contributed by atoms with van der Waals surface area (Å²) in [5.74, 6) is -6.04. The molecule has 2 unspecified atom stereocenters. The Bertz CT molecular complexity index is 3260. The van der Waals surface area contributed by atoms with Gasteiger partial charge in [0.2, 0.25) is 53.2 Å². The molecule has 1 aliphatic rings. The fourth-order valence-corrected chi connectivity index (χ4v) is 13.5. The average molecular weight is 1360 g/mol. The molecular weight excluding hydrogens is 1260 g/mol. The van der Waals surface area contributed by atoms with Gasteiger partial charge >= 0.3 is 5.97 Å². The molecule has 0 aromatic heterocycles. The van der Waals surface area contributed by atoms with E-state index in [0.29, 0.717) is 41.7 Å². The third-order valence-corrected chi connectivity index (χ3v) is 20.2. The number of hydrogen-bond acceptors (Lipinski definition) is 15. The summed E-state index contributed by atoms with van der Waals surface area (Å²) in [5, 5.41) is 11.5. The molecule has 1 heterocycles. The van der Waals surface area contributed by atoms with Crippen LogP contribution in [0.25, 0.3) is 0 Å². The van der Waals surface area contributed by atoms with Crippen LogP contribution in [0.2, 0.25) is 0 Å². The van der Waals surface area contributed by atoms with Gasteiger partial charge in [-0.2, -0.15) is 0 Å². The maximum Gasteiger partial charge on any atom is 0.303 e. The van der Waals surface area contributed by atoms with Crippen LogP contribution in [0.15, 0.2) is 121 Å². The zero-order valence-corrected chi connectivity index (χ0v) is 59.4. The van der Waals surface area contributed by atoms with Crippen LogP contribution in [0, 0.1) is 0 Å². The van der Waals surface area contributed by atoms with Crippen molar-refractivity contribution in [2.75, 3.05) is 60.7 Å². The Morgan fingerprint density at radius 2 is 1.10 bits per heavy atom. The maximum atomic E-state index is 15.2. The van der Waals surface area contributed by atoms with E-state index in [1.807, 2.05) is 61.5 Å². The number of esters is 1. The summed E-state index contributed by atoms with van der Waals surface area (Å²) in [6, 6.07) is 26.9. The summed E-state index contributed by atoms with van der Waals surface area (Å²) in [6.07, 6.45) is 1.44. The van der Waals surface area contributed by atoms with Crippen molar-refractivity contribution in [2.24, 2.45) is 5.73 Å². The molecule has 522 valence electrons. The maximum absolute atomic E-state index is 15.2. The number of likely N-dealkylation sites (N-methyl/N-ethyl adjacent to an activating group) is 5. The third-order valence-electron chi connectivity index (χ3n) is 16.8.